The van der Waals surface area contributed by atoms with E-state index in [1.165, 1.54) is 5.56 Å². The number of nitrogens with zero attached hydrogens (tertiary/aromatic N) is 1. The second kappa shape index (κ2) is 7.27. The molecule has 3 rings (SSSR count). The number of fused-ring (bicyclic) bond motifs is 1. The van der Waals surface area contributed by atoms with Crippen molar-refractivity contribution in [2.24, 2.45) is 0 Å². The SMILES string of the molecule is CC[C@@H](Oc1ccc(Cl)c(C)c1)C(=O)N1CCCc2ccccc21. The Balaban J connectivity index is 1.81. The van der Waals surface area contributed by atoms with Crippen molar-refractivity contribution < 1.29 is 9.53 Å². The summed E-state index contributed by atoms with van der Waals surface area (Å²) in [6.07, 6.45) is 2.14. The molecule has 1 atom stereocenters. The minimum Gasteiger partial charge on any atom is -0.481 e. The minimum atomic E-state index is -0.489. The zero-order valence-electron chi connectivity index (χ0n) is 14.1. The lowest BCUT2D eigenvalue weighted by atomic mass is 10.0. The first-order valence-corrected chi connectivity index (χ1v) is 8.80. The maximum absolute atomic E-state index is 13.0. The minimum absolute atomic E-state index is 0.0252. The molecule has 0 radical (unpaired) electrons. The van der Waals surface area contributed by atoms with Gasteiger partial charge in [0.1, 0.15) is 5.75 Å². The molecule has 0 aliphatic carbocycles. The van der Waals surface area contributed by atoms with Crippen molar-refractivity contribution in [3.8, 4) is 5.75 Å². The van der Waals surface area contributed by atoms with Crippen LogP contribution < -0.4 is 9.64 Å². The standard InChI is InChI=1S/C20H22ClNO2/c1-3-19(24-16-10-11-17(21)14(2)13-16)20(23)22-12-6-8-15-7-4-5-9-18(15)22/h4-5,7,9-11,13,19H,3,6,8,12H2,1-2H3/t19-/m1/s1. The highest BCUT2D eigenvalue weighted by molar-refractivity contribution is 6.31. The van der Waals surface area contributed by atoms with Gasteiger partial charge >= 0.3 is 0 Å². The Labute approximate surface area is 148 Å². The summed E-state index contributed by atoms with van der Waals surface area (Å²) in [5, 5.41) is 0.701. The molecule has 1 heterocycles. The predicted octanol–water partition coefficient (Wildman–Crippen LogP) is 4.79. The number of benzene rings is 2. The largest absolute Gasteiger partial charge is 0.481 e. The van der Waals surface area contributed by atoms with Gasteiger partial charge in [-0.1, -0.05) is 36.7 Å². The van der Waals surface area contributed by atoms with E-state index in [9.17, 15) is 4.79 Å². The number of carbonyl (C=O) groups is 1. The van der Waals surface area contributed by atoms with Crippen LogP contribution in [0.3, 0.4) is 0 Å². The van der Waals surface area contributed by atoms with Gasteiger partial charge in [-0.2, -0.15) is 0 Å². The van der Waals surface area contributed by atoms with Crippen LogP contribution in [0.15, 0.2) is 42.5 Å². The number of rotatable bonds is 4. The zero-order chi connectivity index (χ0) is 17.1. The first-order chi connectivity index (χ1) is 11.6. The molecule has 2 aromatic carbocycles. The summed E-state index contributed by atoms with van der Waals surface area (Å²) < 4.78 is 5.98. The molecule has 3 nitrogen and oxygen atoms in total. The van der Waals surface area contributed by atoms with Gasteiger partial charge in [0.2, 0.25) is 0 Å². The average molecular weight is 344 g/mol. The van der Waals surface area contributed by atoms with E-state index in [-0.39, 0.29) is 5.91 Å². The van der Waals surface area contributed by atoms with Crippen molar-refractivity contribution in [2.75, 3.05) is 11.4 Å². The first-order valence-electron chi connectivity index (χ1n) is 8.42. The smallest absolute Gasteiger partial charge is 0.268 e. The van der Waals surface area contributed by atoms with Gasteiger partial charge in [0.25, 0.3) is 5.91 Å². The molecule has 0 spiro atoms. The molecule has 0 bridgehead atoms. The highest BCUT2D eigenvalue weighted by atomic mass is 35.5. The molecule has 0 aromatic heterocycles. The van der Waals surface area contributed by atoms with Crippen LogP contribution in [0.4, 0.5) is 5.69 Å². The molecule has 2 aromatic rings. The summed E-state index contributed by atoms with van der Waals surface area (Å²) in [5.74, 6) is 0.708. The van der Waals surface area contributed by atoms with E-state index in [0.29, 0.717) is 17.2 Å². The Morgan fingerprint density at radius 3 is 2.83 bits per heavy atom. The van der Waals surface area contributed by atoms with E-state index < -0.39 is 6.10 Å². The van der Waals surface area contributed by atoms with Crippen molar-refractivity contribution in [3.63, 3.8) is 0 Å². The van der Waals surface area contributed by atoms with Gasteiger partial charge < -0.3 is 9.64 Å². The molecule has 24 heavy (non-hydrogen) atoms. The molecule has 1 aliphatic heterocycles. The van der Waals surface area contributed by atoms with Crippen LogP contribution in [0.2, 0.25) is 5.02 Å². The summed E-state index contributed by atoms with van der Waals surface area (Å²) in [7, 11) is 0. The lowest BCUT2D eigenvalue weighted by molar-refractivity contribution is -0.125. The average Bonchev–Trinajstić information content (AvgIpc) is 2.61. The molecular weight excluding hydrogens is 322 g/mol. The molecular formula is C20H22ClNO2. The third-order valence-corrected chi connectivity index (χ3v) is 4.85. The van der Waals surface area contributed by atoms with E-state index >= 15 is 0 Å². The van der Waals surface area contributed by atoms with Crippen LogP contribution in [0, 0.1) is 6.92 Å². The predicted molar refractivity (Wildman–Crippen MR) is 98.0 cm³/mol. The summed E-state index contributed by atoms with van der Waals surface area (Å²) in [6.45, 7) is 4.65. The van der Waals surface area contributed by atoms with Crippen LogP contribution in [-0.2, 0) is 11.2 Å². The van der Waals surface area contributed by atoms with Gasteiger partial charge in [-0.25, -0.2) is 0 Å². The number of carbonyl (C=O) groups excluding carboxylic acids is 1. The Kier molecular flexibility index (Phi) is 5.10. The summed E-state index contributed by atoms with van der Waals surface area (Å²) >= 11 is 6.06. The normalized spacial score (nSPS) is 14.9. The third-order valence-electron chi connectivity index (χ3n) is 4.43. The van der Waals surface area contributed by atoms with E-state index in [0.717, 1.165) is 30.6 Å². The van der Waals surface area contributed by atoms with E-state index in [2.05, 4.69) is 6.07 Å². The monoisotopic (exact) mass is 343 g/mol. The summed E-state index contributed by atoms with van der Waals surface area (Å²) in [5.41, 5.74) is 3.19. The van der Waals surface area contributed by atoms with Gasteiger partial charge in [-0.3, -0.25) is 4.79 Å². The van der Waals surface area contributed by atoms with Crippen LogP contribution in [0.25, 0.3) is 0 Å². The van der Waals surface area contributed by atoms with Crippen LogP contribution in [-0.4, -0.2) is 18.6 Å². The topological polar surface area (TPSA) is 29.5 Å². The summed E-state index contributed by atoms with van der Waals surface area (Å²) in [6, 6.07) is 13.6. The van der Waals surface area contributed by atoms with Crippen molar-refractivity contribution in [1.29, 1.82) is 0 Å². The number of para-hydroxylation sites is 1. The molecule has 0 N–H and O–H groups in total. The van der Waals surface area contributed by atoms with Gasteiger partial charge in [0.05, 0.1) is 0 Å². The number of amides is 1. The van der Waals surface area contributed by atoms with Crippen LogP contribution >= 0.6 is 11.6 Å². The highest BCUT2D eigenvalue weighted by Gasteiger charge is 2.29. The lowest BCUT2D eigenvalue weighted by Gasteiger charge is -2.32. The number of anilines is 1. The molecule has 0 unspecified atom stereocenters. The van der Waals surface area contributed by atoms with E-state index in [1.807, 2.05) is 49.1 Å². The molecule has 4 heteroatoms. The number of ether oxygens (including phenoxy) is 1. The van der Waals surface area contributed by atoms with Crippen molar-refractivity contribution in [3.05, 3.63) is 58.6 Å². The maximum atomic E-state index is 13.0. The second-order valence-electron chi connectivity index (χ2n) is 6.15. The fraction of sp³-hybridized carbons (Fsp3) is 0.350. The van der Waals surface area contributed by atoms with E-state index in [1.54, 1.807) is 6.07 Å². The quantitative estimate of drug-likeness (QED) is 0.799. The Morgan fingerprint density at radius 1 is 1.29 bits per heavy atom. The number of aryl methyl sites for hydroxylation is 2. The molecule has 0 fully saturated rings. The molecule has 126 valence electrons. The summed E-state index contributed by atoms with van der Waals surface area (Å²) in [4.78, 5) is 14.9. The molecule has 1 amide bonds. The fourth-order valence-corrected chi connectivity index (χ4v) is 3.22. The Morgan fingerprint density at radius 2 is 2.08 bits per heavy atom. The second-order valence-corrected chi connectivity index (χ2v) is 6.56. The molecule has 0 saturated carbocycles. The number of hydrogen-bond donors (Lipinski definition) is 0. The van der Waals surface area contributed by atoms with Gasteiger partial charge in [0.15, 0.2) is 6.10 Å². The maximum Gasteiger partial charge on any atom is 0.268 e. The van der Waals surface area contributed by atoms with Crippen LogP contribution in [0.1, 0.15) is 30.9 Å². The molecule has 1 aliphatic rings. The van der Waals surface area contributed by atoms with Gasteiger partial charge in [-0.15, -0.1) is 0 Å². The zero-order valence-corrected chi connectivity index (χ0v) is 14.8. The van der Waals surface area contributed by atoms with Crippen molar-refractivity contribution in [2.45, 2.75) is 39.2 Å². The van der Waals surface area contributed by atoms with E-state index in [4.69, 9.17) is 16.3 Å². The van der Waals surface area contributed by atoms with Gasteiger partial charge in [0, 0.05) is 17.3 Å². The third kappa shape index (κ3) is 3.41. The van der Waals surface area contributed by atoms with Crippen molar-refractivity contribution >= 4 is 23.2 Å². The van der Waals surface area contributed by atoms with Crippen LogP contribution in [0.5, 0.6) is 5.75 Å². The fourth-order valence-electron chi connectivity index (χ4n) is 3.10. The Hall–Kier alpha value is -2.00. The first kappa shape index (κ1) is 16.8. The molecule has 0 saturated heterocycles. The van der Waals surface area contributed by atoms with Gasteiger partial charge in [-0.05, 0) is 61.6 Å². The Bertz CT molecular complexity index is 744. The van der Waals surface area contributed by atoms with Crippen molar-refractivity contribution in [1.82, 2.24) is 0 Å². The number of halogens is 1. The number of hydrogen-bond acceptors (Lipinski definition) is 2. The lowest BCUT2D eigenvalue weighted by Crippen LogP contribution is -2.44. The highest BCUT2D eigenvalue weighted by Crippen LogP contribution is 2.29.